The van der Waals surface area contributed by atoms with Crippen LogP contribution >= 0.6 is 0 Å². The number of hydrogen-bond donors (Lipinski definition) is 1. The monoisotopic (exact) mass is 152 g/mol. The smallest absolute Gasteiger partial charge is 0.0749 e. The predicted molar refractivity (Wildman–Crippen MR) is 47.3 cm³/mol. The first kappa shape index (κ1) is 8.54. The normalized spacial score (nSPS) is 30.3. The Morgan fingerprint density at radius 3 is 3.09 bits per heavy atom. The molecule has 1 rings (SSSR count). The highest BCUT2D eigenvalue weighted by molar-refractivity contribution is 4.97. The average molecular weight is 152 g/mol. The highest BCUT2D eigenvalue weighted by Crippen LogP contribution is 2.23. The summed E-state index contributed by atoms with van der Waals surface area (Å²) in [7, 11) is 0. The van der Waals surface area contributed by atoms with Crippen LogP contribution in [0.3, 0.4) is 0 Å². The lowest BCUT2D eigenvalue weighted by atomic mass is 9.88. The Labute approximate surface area is 68.4 Å². The van der Waals surface area contributed by atoms with Gasteiger partial charge in [0.1, 0.15) is 0 Å². The van der Waals surface area contributed by atoms with Gasteiger partial charge < -0.3 is 5.11 Å². The fourth-order valence-corrected chi connectivity index (χ4v) is 1.52. The summed E-state index contributed by atoms with van der Waals surface area (Å²) < 4.78 is 0. The number of rotatable bonds is 3. The molecule has 1 nitrogen and oxygen atoms in total. The van der Waals surface area contributed by atoms with Gasteiger partial charge in [-0.1, -0.05) is 18.2 Å². The van der Waals surface area contributed by atoms with Crippen LogP contribution < -0.4 is 0 Å². The van der Waals surface area contributed by atoms with E-state index in [0.29, 0.717) is 5.92 Å². The molecule has 62 valence electrons. The van der Waals surface area contributed by atoms with E-state index >= 15 is 0 Å². The molecule has 1 aliphatic rings. The van der Waals surface area contributed by atoms with E-state index in [2.05, 4.69) is 12.7 Å². The van der Waals surface area contributed by atoms with Crippen molar-refractivity contribution in [1.82, 2.24) is 0 Å². The molecule has 0 aromatic carbocycles. The predicted octanol–water partition coefficient (Wildman–Crippen LogP) is 2.28. The molecular weight excluding hydrogens is 136 g/mol. The van der Waals surface area contributed by atoms with Crippen LogP contribution in [0.4, 0.5) is 0 Å². The Bertz CT molecular complexity index is 149. The topological polar surface area (TPSA) is 20.2 Å². The molecule has 2 unspecified atom stereocenters. The van der Waals surface area contributed by atoms with Gasteiger partial charge in [-0.3, -0.25) is 0 Å². The molecule has 0 aliphatic heterocycles. The minimum Gasteiger partial charge on any atom is -0.389 e. The fourth-order valence-electron chi connectivity index (χ4n) is 1.52. The van der Waals surface area contributed by atoms with Gasteiger partial charge in [-0.15, -0.1) is 6.58 Å². The maximum Gasteiger partial charge on any atom is 0.0749 e. The largest absolute Gasteiger partial charge is 0.389 e. The fraction of sp³-hybridized carbons (Fsp3) is 0.600. The van der Waals surface area contributed by atoms with Gasteiger partial charge in [0.25, 0.3) is 0 Å². The van der Waals surface area contributed by atoms with E-state index in [-0.39, 0.29) is 6.10 Å². The highest BCUT2D eigenvalue weighted by Gasteiger charge is 2.17. The van der Waals surface area contributed by atoms with E-state index in [1.807, 2.05) is 12.2 Å². The minimum atomic E-state index is -0.205. The number of aliphatic hydroxyl groups is 1. The zero-order valence-corrected chi connectivity index (χ0v) is 6.87. The maximum absolute atomic E-state index is 9.47. The summed E-state index contributed by atoms with van der Waals surface area (Å²) in [6, 6.07) is 0. The molecule has 0 bridgehead atoms. The Kier molecular flexibility index (Phi) is 3.37. The van der Waals surface area contributed by atoms with Gasteiger partial charge in [-0.05, 0) is 31.6 Å². The first-order chi connectivity index (χ1) is 5.34. The molecular formula is C10H16O. The Hall–Kier alpha value is -0.560. The van der Waals surface area contributed by atoms with Crippen molar-refractivity contribution in [3.63, 3.8) is 0 Å². The molecule has 0 aromatic rings. The van der Waals surface area contributed by atoms with Gasteiger partial charge in [0.05, 0.1) is 6.10 Å². The molecule has 1 aliphatic carbocycles. The second-order valence-corrected chi connectivity index (χ2v) is 3.12. The van der Waals surface area contributed by atoms with E-state index in [1.54, 1.807) is 0 Å². The SMILES string of the molecule is C=CCCC1CCC=CC1O. The maximum atomic E-state index is 9.47. The molecule has 0 spiro atoms. The first-order valence-electron chi connectivity index (χ1n) is 4.30. The summed E-state index contributed by atoms with van der Waals surface area (Å²) >= 11 is 0. The molecule has 0 saturated heterocycles. The van der Waals surface area contributed by atoms with Crippen LogP contribution in [-0.4, -0.2) is 11.2 Å². The zero-order valence-electron chi connectivity index (χ0n) is 6.87. The molecule has 2 atom stereocenters. The van der Waals surface area contributed by atoms with Gasteiger partial charge in [0.2, 0.25) is 0 Å². The quantitative estimate of drug-likeness (QED) is 0.615. The molecule has 1 N–H and O–H groups in total. The van der Waals surface area contributed by atoms with Crippen LogP contribution in [0.15, 0.2) is 24.8 Å². The summed E-state index contributed by atoms with van der Waals surface area (Å²) in [4.78, 5) is 0. The van der Waals surface area contributed by atoms with Crippen LogP contribution in [0.5, 0.6) is 0 Å². The van der Waals surface area contributed by atoms with Gasteiger partial charge >= 0.3 is 0 Å². The van der Waals surface area contributed by atoms with E-state index < -0.39 is 0 Å². The number of aliphatic hydroxyl groups excluding tert-OH is 1. The summed E-state index contributed by atoms with van der Waals surface area (Å²) in [6.07, 6.45) is 10.1. The molecule has 0 radical (unpaired) electrons. The van der Waals surface area contributed by atoms with Crippen LogP contribution in [0.25, 0.3) is 0 Å². The van der Waals surface area contributed by atoms with Crippen LogP contribution in [0.2, 0.25) is 0 Å². The Morgan fingerprint density at radius 2 is 2.45 bits per heavy atom. The third kappa shape index (κ3) is 2.51. The van der Waals surface area contributed by atoms with Crippen molar-refractivity contribution in [2.45, 2.75) is 31.8 Å². The van der Waals surface area contributed by atoms with E-state index in [4.69, 9.17) is 0 Å². The lowest BCUT2D eigenvalue weighted by Crippen LogP contribution is -2.20. The van der Waals surface area contributed by atoms with Crippen molar-refractivity contribution in [2.24, 2.45) is 5.92 Å². The summed E-state index contributed by atoms with van der Waals surface area (Å²) in [5.41, 5.74) is 0. The molecule has 0 amide bonds. The Morgan fingerprint density at radius 1 is 1.64 bits per heavy atom. The third-order valence-electron chi connectivity index (χ3n) is 2.26. The molecule has 0 fully saturated rings. The number of hydrogen-bond acceptors (Lipinski definition) is 1. The minimum absolute atomic E-state index is 0.205. The van der Waals surface area contributed by atoms with Crippen molar-refractivity contribution in [1.29, 1.82) is 0 Å². The highest BCUT2D eigenvalue weighted by atomic mass is 16.3. The molecule has 0 aromatic heterocycles. The van der Waals surface area contributed by atoms with Crippen molar-refractivity contribution in [2.75, 3.05) is 0 Å². The second kappa shape index (κ2) is 4.35. The molecule has 0 saturated carbocycles. The van der Waals surface area contributed by atoms with Crippen LogP contribution in [-0.2, 0) is 0 Å². The lowest BCUT2D eigenvalue weighted by molar-refractivity contribution is 0.135. The van der Waals surface area contributed by atoms with Gasteiger partial charge in [-0.2, -0.15) is 0 Å². The van der Waals surface area contributed by atoms with Crippen molar-refractivity contribution < 1.29 is 5.11 Å². The van der Waals surface area contributed by atoms with E-state index in [9.17, 15) is 5.11 Å². The summed E-state index contributed by atoms with van der Waals surface area (Å²) in [5.74, 6) is 0.470. The van der Waals surface area contributed by atoms with Gasteiger partial charge in [0, 0.05) is 0 Å². The van der Waals surface area contributed by atoms with E-state index in [0.717, 1.165) is 25.7 Å². The van der Waals surface area contributed by atoms with Gasteiger partial charge in [-0.25, -0.2) is 0 Å². The lowest BCUT2D eigenvalue weighted by Gasteiger charge is -2.22. The number of allylic oxidation sites excluding steroid dienone is 2. The second-order valence-electron chi connectivity index (χ2n) is 3.12. The van der Waals surface area contributed by atoms with Crippen molar-refractivity contribution in [3.8, 4) is 0 Å². The van der Waals surface area contributed by atoms with Crippen molar-refractivity contribution in [3.05, 3.63) is 24.8 Å². The molecule has 1 heteroatoms. The van der Waals surface area contributed by atoms with Gasteiger partial charge in [0.15, 0.2) is 0 Å². The molecule has 0 heterocycles. The van der Waals surface area contributed by atoms with Crippen LogP contribution in [0.1, 0.15) is 25.7 Å². The summed E-state index contributed by atoms with van der Waals surface area (Å²) in [6.45, 7) is 3.67. The van der Waals surface area contributed by atoms with Crippen LogP contribution in [0, 0.1) is 5.92 Å². The molecule has 11 heavy (non-hydrogen) atoms. The zero-order chi connectivity index (χ0) is 8.10. The Balaban J connectivity index is 2.32. The van der Waals surface area contributed by atoms with Crippen molar-refractivity contribution >= 4 is 0 Å². The first-order valence-corrected chi connectivity index (χ1v) is 4.30. The third-order valence-corrected chi connectivity index (χ3v) is 2.26. The average Bonchev–Trinajstić information content (AvgIpc) is 2.03. The summed E-state index contributed by atoms with van der Waals surface area (Å²) in [5, 5.41) is 9.47. The standard InChI is InChI=1S/C10H16O/c1-2-3-6-9-7-4-5-8-10(9)11/h2,5,8-11H,1,3-4,6-7H2. The van der Waals surface area contributed by atoms with E-state index in [1.165, 1.54) is 0 Å².